The molecule has 3 rings (SSSR count). The minimum absolute atomic E-state index is 0.318. The molecule has 3 aromatic rings. The molecule has 0 fully saturated rings. The van der Waals surface area contributed by atoms with Crippen molar-refractivity contribution in [3.05, 3.63) is 41.7 Å². The van der Waals surface area contributed by atoms with Crippen molar-refractivity contribution >= 4 is 28.2 Å². The number of benzene rings is 1. The summed E-state index contributed by atoms with van der Waals surface area (Å²) in [6, 6.07) is 7.10. The number of aromatic nitrogens is 2. The molecule has 0 aliphatic carbocycles. The lowest BCUT2D eigenvalue weighted by atomic mass is 10.2. The molecule has 2 heterocycles. The summed E-state index contributed by atoms with van der Waals surface area (Å²) in [4.78, 5) is 8.57. The molecule has 1 N–H and O–H groups in total. The number of anilines is 1. The number of halogens is 1. The van der Waals surface area contributed by atoms with Crippen molar-refractivity contribution in [2.45, 2.75) is 0 Å². The fourth-order valence-electron chi connectivity index (χ4n) is 2.28. The molecular weight excluding hydrogens is 330 g/mol. The van der Waals surface area contributed by atoms with Gasteiger partial charge >= 0.3 is 0 Å². The first-order chi connectivity index (χ1) is 11.7. The average molecular weight is 346 g/mol. The van der Waals surface area contributed by atoms with Gasteiger partial charge in [0, 0.05) is 24.7 Å². The lowest BCUT2D eigenvalue weighted by Gasteiger charge is -2.12. The number of nitrogens with zero attached hydrogens (tertiary/aromatic N) is 2. The van der Waals surface area contributed by atoms with Gasteiger partial charge in [-0.3, -0.25) is 4.98 Å². The maximum Gasteiger partial charge on any atom is 0.238 e. The lowest BCUT2D eigenvalue weighted by Crippen LogP contribution is -1.95. The standard InChI is InChI=1S/C17H16ClN3O3/c1-19-10-6-12(18)17(21-9-10)24-14-4-5-20-13-8-16(23-3)15(22-2)7-11(13)14/h4-9,19H,1-3H3. The number of fused-ring (bicyclic) bond motifs is 1. The molecule has 0 unspecified atom stereocenters. The normalized spacial score (nSPS) is 10.5. The van der Waals surface area contributed by atoms with Gasteiger partial charge in [0.15, 0.2) is 11.5 Å². The predicted octanol–water partition coefficient (Wildman–Crippen LogP) is 4.13. The van der Waals surface area contributed by atoms with E-state index in [4.69, 9.17) is 25.8 Å². The van der Waals surface area contributed by atoms with Crippen molar-refractivity contribution in [1.82, 2.24) is 9.97 Å². The summed E-state index contributed by atoms with van der Waals surface area (Å²) in [6.45, 7) is 0. The van der Waals surface area contributed by atoms with Crippen molar-refractivity contribution in [3.8, 4) is 23.1 Å². The van der Waals surface area contributed by atoms with Crippen molar-refractivity contribution < 1.29 is 14.2 Å². The summed E-state index contributed by atoms with van der Waals surface area (Å²) in [5.74, 6) is 2.09. The van der Waals surface area contributed by atoms with Crippen LogP contribution in [0.1, 0.15) is 0 Å². The summed E-state index contributed by atoms with van der Waals surface area (Å²) in [6.07, 6.45) is 3.30. The number of ether oxygens (including phenoxy) is 3. The van der Waals surface area contributed by atoms with Crippen LogP contribution in [0.5, 0.6) is 23.1 Å². The first-order valence-corrected chi connectivity index (χ1v) is 7.56. The molecule has 7 heteroatoms. The quantitative estimate of drug-likeness (QED) is 0.750. The highest BCUT2D eigenvalue weighted by molar-refractivity contribution is 6.32. The molecule has 1 aromatic carbocycles. The van der Waals surface area contributed by atoms with Crippen molar-refractivity contribution in [1.29, 1.82) is 0 Å². The maximum absolute atomic E-state index is 6.23. The number of nitrogens with one attached hydrogen (secondary N) is 1. The highest BCUT2D eigenvalue weighted by Crippen LogP contribution is 2.37. The molecule has 0 radical (unpaired) electrons. The van der Waals surface area contributed by atoms with E-state index in [0.717, 1.165) is 11.1 Å². The number of hydrogen-bond donors (Lipinski definition) is 1. The molecule has 0 saturated heterocycles. The third-order valence-electron chi connectivity index (χ3n) is 3.51. The van der Waals surface area contributed by atoms with Crippen LogP contribution < -0.4 is 19.5 Å². The largest absolute Gasteiger partial charge is 0.493 e. The van der Waals surface area contributed by atoms with Crippen LogP contribution in [0, 0.1) is 0 Å². The highest BCUT2D eigenvalue weighted by Gasteiger charge is 2.13. The zero-order chi connectivity index (χ0) is 17.1. The van der Waals surface area contributed by atoms with E-state index in [1.807, 2.05) is 6.07 Å². The number of rotatable bonds is 5. The Morgan fingerprint density at radius 1 is 1.00 bits per heavy atom. The van der Waals surface area contributed by atoms with Crippen molar-refractivity contribution in [2.75, 3.05) is 26.6 Å². The Labute approximate surface area is 144 Å². The zero-order valence-electron chi connectivity index (χ0n) is 13.5. The zero-order valence-corrected chi connectivity index (χ0v) is 14.2. The first-order valence-electron chi connectivity index (χ1n) is 7.18. The molecule has 0 aliphatic heterocycles. The van der Waals surface area contributed by atoms with E-state index < -0.39 is 0 Å². The third-order valence-corrected chi connectivity index (χ3v) is 3.78. The molecule has 0 spiro atoms. The Morgan fingerprint density at radius 2 is 1.75 bits per heavy atom. The van der Waals surface area contributed by atoms with Crippen LogP contribution >= 0.6 is 11.6 Å². The van der Waals surface area contributed by atoms with Crippen LogP contribution in [0.15, 0.2) is 36.7 Å². The van der Waals surface area contributed by atoms with Crippen LogP contribution in [0.4, 0.5) is 5.69 Å². The van der Waals surface area contributed by atoms with Gasteiger partial charge in [-0.25, -0.2) is 4.98 Å². The first kappa shape index (κ1) is 16.1. The Bertz CT molecular complexity index is 886. The minimum Gasteiger partial charge on any atom is -0.493 e. The molecule has 124 valence electrons. The Balaban J connectivity index is 2.06. The summed E-state index contributed by atoms with van der Waals surface area (Å²) >= 11 is 6.23. The van der Waals surface area contributed by atoms with E-state index in [1.54, 1.807) is 51.9 Å². The maximum atomic E-state index is 6.23. The van der Waals surface area contributed by atoms with Gasteiger partial charge in [0.2, 0.25) is 5.88 Å². The van der Waals surface area contributed by atoms with E-state index in [0.29, 0.717) is 33.7 Å². The Kier molecular flexibility index (Phi) is 4.57. The van der Waals surface area contributed by atoms with Crippen molar-refractivity contribution in [2.24, 2.45) is 0 Å². The minimum atomic E-state index is 0.318. The van der Waals surface area contributed by atoms with Gasteiger partial charge in [-0.1, -0.05) is 11.6 Å². The van der Waals surface area contributed by atoms with Crippen LogP contribution in [0.3, 0.4) is 0 Å². The summed E-state index contributed by atoms with van der Waals surface area (Å²) in [5.41, 5.74) is 1.52. The summed E-state index contributed by atoms with van der Waals surface area (Å²) in [7, 11) is 4.95. The molecular formula is C17H16ClN3O3. The molecule has 24 heavy (non-hydrogen) atoms. The fraction of sp³-hybridized carbons (Fsp3) is 0.176. The van der Waals surface area contributed by atoms with Crippen molar-refractivity contribution in [3.63, 3.8) is 0 Å². The topological polar surface area (TPSA) is 65.5 Å². The third kappa shape index (κ3) is 3.00. The van der Waals surface area contributed by atoms with Gasteiger partial charge < -0.3 is 19.5 Å². The SMILES string of the molecule is CNc1cnc(Oc2ccnc3cc(OC)c(OC)cc23)c(Cl)c1. The fourth-order valence-corrected chi connectivity index (χ4v) is 2.48. The second-order valence-corrected chi connectivity index (χ2v) is 5.30. The summed E-state index contributed by atoms with van der Waals surface area (Å²) in [5, 5.41) is 4.15. The van der Waals surface area contributed by atoms with Gasteiger partial charge in [0.1, 0.15) is 10.8 Å². The van der Waals surface area contributed by atoms with Gasteiger partial charge in [-0.15, -0.1) is 0 Å². The van der Waals surface area contributed by atoms with Gasteiger partial charge in [0.05, 0.1) is 31.6 Å². The average Bonchev–Trinajstić information content (AvgIpc) is 2.62. The molecule has 0 amide bonds. The smallest absolute Gasteiger partial charge is 0.238 e. The number of hydrogen-bond acceptors (Lipinski definition) is 6. The van der Waals surface area contributed by atoms with Gasteiger partial charge in [-0.05, 0) is 18.2 Å². The second kappa shape index (κ2) is 6.80. The van der Waals surface area contributed by atoms with E-state index in [-0.39, 0.29) is 0 Å². The van der Waals surface area contributed by atoms with E-state index in [2.05, 4.69) is 15.3 Å². The number of methoxy groups -OCH3 is 2. The Hall–Kier alpha value is -2.73. The lowest BCUT2D eigenvalue weighted by molar-refractivity contribution is 0.355. The highest BCUT2D eigenvalue weighted by atomic mass is 35.5. The monoisotopic (exact) mass is 345 g/mol. The molecule has 2 aromatic heterocycles. The summed E-state index contributed by atoms with van der Waals surface area (Å²) < 4.78 is 16.5. The second-order valence-electron chi connectivity index (χ2n) is 4.90. The molecule has 0 bridgehead atoms. The van der Waals surface area contributed by atoms with Gasteiger partial charge in [-0.2, -0.15) is 0 Å². The number of pyridine rings is 2. The molecule has 0 atom stereocenters. The van der Waals surface area contributed by atoms with Crippen LogP contribution in [-0.4, -0.2) is 31.2 Å². The van der Waals surface area contributed by atoms with E-state index in [1.165, 1.54) is 0 Å². The molecule has 0 aliphatic rings. The van der Waals surface area contributed by atoms with Crippen LogP contribution in [0.2, 0.25) is 5.02 Å². The van der Waals surface area contributed by atoms with E-state index in [9.17, 15) is 0 Å². The molecule has 0 saturated carbocycles. The van der Waals surface area contributed by atoms with E-state index >= 15 is 0 Å². The van der Waals surface area contributed by atoms with Crippen LogP contribution in [0.25, 0.3) is 10.9 Å². The van der Waals surface area contributed by atoms with Gasteiger partial charge in [0.25, 0.3) is 0 Å². The predicted molar refractivity (Wildman–Crippen MR) is 93.7 cm³/mol. The van der Waals surface area contributed by atoms with Crippen LogP contribution in [-0.2, 0) is 0 Å². The Morgan fingerprint density at radius 3 is 2.42 bits per heavy atom. The molecule has 6 nitrogen and oxygen atoms in total.